The molecule has 0 amide bonds. The predicted molar refractivity (Wildman–Crippen MR) is 131 cm³/mol. The van der Waals surface area contributed by atoms with E-state index >= 15 is 0 Å². The Morgan fingerprint density at radius 1 is 1.09 bits per heavy atom. The number of nitrogens with zero attached hydrogens (tertiary/aromatic N) is 4. The van der Waals surface area contributed by atoms with E-state index in [1.165, 1.54) is 17.1 Å². The second kappa shape index (κ2) is 12.2. The van der Waals surface area contributed by atoms with Crippen LogP contribution in [0.5, 0.6) is 0 Å². The molecule has 12 nitrogen and oxygen atoms in total. The van der Waals surface area contributed by atoms with Gasteiger partial charge in [0.25, 0.3) is 25.9 Å². The quantitative estimate of drug-likeness (QED) is 0.130. The number of anilines is 1. The average molecular weight is 530 g/mol. The first-order valence-corrected chi connectivity index (χ1v) is 13.9. The number of aromatic nitrogens is 1. The second-order valence-electron chi connectivity index (χ2n) is 7.96. The average Bonchev–Trinajstić information content (AvgIpc) is 2.78. The Morgan fingerprint density at radius 2 is 1.69 bits per heavy atom. The first-order valence-electron chi connectivity index (χ1n) is 10.8. The van der Waals surface area contributed by atoms with E-state index in [9.17, 15) is 31.5 Å². The van der Waals surface area contributed by atoms with Gasteiger partial charge in [-0.15, -0.1) is 0 Å². The van der Waals surface area contributed by atoms with E-state index in [2.05, 4.69) is 5.10 Å². The van der Waals surface area contributed by atoms with Crippen molar-refractivity contribution in [2.24, 2.45) is 5.10 Å². The molecule has 1 aromatic heterocycles. The highest BCUT2D eigenvalue weighted by molar-refractivity contribution is 7.86. The van der Waals surface area contributed by atoms with E-state index in [1.807, 2.05) is 0 Å². The van der Waals surface area contributed by atoms with Gasteiger partial charge in [-0.3, -0.25) is 24.2 Å². The second-order valence-corrected chi connectivity index (χ2v) is 11.2. The highest BCUT2D eigenvalue weighted by Gasteiger charge is 2.37. The monoisotopic (exact) mass is 529 g/mol. The highest BCUT2D eigenvalue weighted by Crippen LogP contribution is 2.23. The van der Waals surface area contributed by atoms with Crippen molar-refractivity contribution < 1.29 is 35.4 Å². The van der Waals surface area contributed by atoms with E-state index in [1.54, 1.807) is 61.4 Å². The molecule has 192 valence electrons. The van der Waals surface area contributed by atoms with Gasteiger partial charge in [0.05, 0.1) is 22.6 Å². The highest BCUT2D eigenvalue weighted by atomic mass is 32.2. The number of rotatable bonds is 13. The van der Waals surface area contributed by atoms with E-state index in [-0.39, 0.29) is 24.9 Å². The van der Waals surface area contributed by atoms with Crippen LogP contribution in [0.25, 0.3) is 0 Å². The summed E-state index contributed by atoms with van der Waals surface area (Å²) in [4.78, 5) is 10.3. The van der Waals surface area contributed by atoms with Crippen LogP contribution in [0.4, 0.5) is 11.4 Å². The number of hydrogen-bond donors (Lipinski definition) is 2. The summed E-state index contributed by atoms with van der Waals surface area (Å²) in [5.41, 5.74) is 1.27. The molecule has 0 saturated carbocycles. The third-order valence-electron chi connectivity index (χ3n) is 5.36. The van der Waals surface area contributed by atoms with Gasteiger partial charge in [-0.25, -0.2) is 4.57 Å². The Bertz CT molecular complexity index is 1230. The number of nitro groups is 1. The number of benzene rings is 1. The molecule has 2 rings (SSSR count). The minimum absolute atomic E-state index is 0.00940. The minimum Gasteiger partial charge on any atom is -0.286 e. The van der Waals surface area contributed by atoms with Crippen LogP contribution in [-0.4, -0.2) is 55.1 Å². The summed E-state index contributed by atoms with van der Waals surface area (Å²) in [6.07, 6.45) is 5.54. The van der Waals surface area contributed by atoms with Gasteiger partial charge < -0.3 is 0 Å². The molecule has 0 aliphatic heterocycles. The number of hydrogen-bond acceptors (Lipinski definition) is 8. The molecule has 0 fully saturated rings. The van der Waals surface area contributed by atoms with Crippen LogP contribution in [0.2, 0.25) is 0 Å². The van der Waals surface area contributed by atoms with Crippen molar-refractivity contribution in [3.63, 3.8) is 0 Å². The van der Waals surface area contributed by atoms with Crippen LogP contribution in [-0.2, 0) is 20.2 Å². The normalized spacial score (nSPS) is 14.1. The molecule has 1 aromatic carbocycles. The smallest absolute Gasteiger partial charge is 0.274 e. The molecule has 0 saturated heterocycles. The van der Waals surface area contributed by atoms with E-state index in [0.717, 1.165) is 0 Å². The van der Waals surface area contributed by atoms with Crippen molar-refractivity contribution in [2.45, 2.75) is 43.9 Å². The summed E-state index contributed by atoms with van der Waals surface area (Å²) in [6, 6.07) is 8.48. The first-order chi connectivity index (χ1) is 16.3. The Labute approximate surface area is 204 Å². The van der Waals surface area contributed by atoms with Crippen molar-refractivity contribution in [3.05, 3.63) is 64.5 Å². The van der Waals surface area contributed by atoms with Crippen molar-refractivity contribution >= 4 is 37.8 Å². The molecular formula is C21H29N4O8S2+. The zero-order valence-corrected chi connectivity index (χ0v) is 21.0. The number of non-ortho nitro benzene ring substituents is 1. The molecule has 2 atom stereocenters. The number of hydrazone groups is 1. The number of nitro benzene ring substituents is 1. The van der Waals surface area contributed by atoms with Gasteiger partial charge in [0.1, 0.15) is 5.25 Å². The van der Waals surface area contributed by atoms with E-state index in [0.29, 0.717) is 17.7 Å². The van der Waals surface area contributed by atoms with Gasteiger partial charge in [-0.2, -0.15) is 21.9 Å². The van der Waals surface area contributed by atoms with Crippen molar-refractivity contribution in [2.75, 3.05) is 17.8 Å². The van der Waals surface area contributed by atoms with Crippen LogP contribution in [0.15, 0.2) is 53.9 Å². The first kappa shape index (κ1) is 28.3. The summed E-state index contributed by atoms with van der Waals surface area (Å²) >= 11 is 0. The SMILES string of the molecule is CCCC(C(CCCS(=O)(=O)O)[n+]1ccc(C=NN(C)c2ccc([N+](=O)[O-])cc2)cc1)S(=O)(=O)O. The molecule has 2 aromatic rings. The lowest BCUT2D eigenvalue weighted by atomic mass is 10.0. The fourth-order valence-electron chi connectivity index (χ4n) is 3.59. The molecule has 2 unspecified atom stereocenters. The maximum atomic E-state index is 12.0. The minimum atomic E-state index is -4.42. The predicted octanol–water partition coefficient (Wildman–Crippen LogP) is 2.62. The van der Waals surface area contributed by atoms with Gasteiger partial charge in [-0.1, -0.05) is 13.3 Å². The van der Waals surface area contributed by atoms with E-state index in [4.69, 9.17) is 4.55 Å². The molecular weight excluding hydrogens is 500 g/mol. The standard InChI is InChI=1S/C21H28N4O8S2/c1-3-5-21(35(31,32)33)20(6-4-15-34(28,29)30)24-13-11-17(12-14-24)16-22-23(2)18-7-9-19(10-8-18)25(26)27/h7-14,16,20-21H,3-6,15H2,1-2H3,(H-,28,29,30,31,32,33)/p+1. The molecule has 0 radical (unpaired) electrons. The molecule has 0 aliphatic carbocycles. The van der Waals surface area contributed by atoms with Gasteiger partial charge >= 0.3 is 0 Å². The summed E-state index contributed by atoms with van der Waals surface area (Å²) in [6.45, 7) is 1.78. The number of pyridine rings is 1. The molecule has 35 heavy (non-hydrogen) atoms. The van der Waals surface area contributed by atoms with E-state index < -0.39 is 42.2 Å². The Hall–Kier alpha value is -2.94. The summed E-state index contributed by atoms with van der Waals surface area (Å²) in [5.74, 6) is -0.520. The van der Waals surface area contributed by atoms with Crippen LogP contribution in [0.1, 0.15) is 44.2 Å². The zero-order chi connectivity index (χ0) is 26.2. The van der Waals surface area contributed by atoms with Gasteiger partial charge in [-0.05, 0) is 25.0 Å². The summed E-state index contributed by atoms with van der Waals surface area (Å²) < 4.78 is 66.7. The molecule has 0 aliphatic rings. The topological polar surface area (TPSA) is 171 Å². The largest absolute Gasteiger partial charge is 0.286 e. The maximum Gasteiger partial charge on any atom is 0.274 e. The van der Waals surface area contributed by atoms with Crippen molar-refractivity contribution in [1.29, 1.82) is 0 Å². The van der Waals surface area contributed by atoms with Crippen LogP contribution >= 0.6 is 0 Å². The third-order valence-corrected chi connectivity index (χ3v) is 7.48. The zero-order valence-electron chi connectivity index (χ0n) is 19.3. The lowest BCUT2D eigenvalue weighted by molar-refractivity contribution is -0.723. The van der Waals surface area contributed by atoms with Crippen LogP contribution < -0.4 is 9.58 Å². The lowest BCUT2D eigenvalue weighted by Crippen LogP contribution is -2.48. The fraction of sp³-hybridized carbons (Fsp3) is 0.429. The summed E-state index contributed by atoms with van der Waals surface area (Å²) in [7, 11) is -6.95. The summed E-state index contributed by atoms with van der Waals surface area (Å²) in [5, 5.41) is 15.5. The van der Waals surface area contributed by atoms with Crippen LogP contribution in [0, 0.1) is 10.1 Å². The Morgan fingerprint density at radius 3 is 2.17 bits per heavy atom. The fourth-order valence-corrected chi connectivity index (χ4v) is 5.33. The van der Waals surface area contributed by atoms with Gasteiger partial charge in [0.15, 0.2) is 18.4 Å². The van der Waals surface area contributed by atoms with Crippen molar-refractivity contribution in [1.82, 2.24) is 0 Å². The molecule has 0 bridgehead atoms. The molecule has 0 spiro atoms. The van der Waals surface area contributed by atoms with Gasteiger partial charge in [0, 0.05) is 43.3 Å². The molecule has 14 heteroatoms. The van der Waals surface area contributed by atoms with Gasteiger partial charge in [0.2, 0.25) is 0 Å². The van der Waals surface area contributed by atoms with Crippen LogP contribution in [0.3, 0.4) is 0 Å². The van der Waals surface area contributed by atoms with Crippen molar-refractivity contribution in [3.8, 4) is 0 Å². The maximum absolute atomic E-state index is 12.0. The third kappa shape index (κ3) is 8.98. The Kier molecular flexibility index (Phi) is 9.82. The molecule has 2 N–H and O–H groups in total. The molecule has 1 heterocycles. The lowest BCUT2D eigenvalue weighted by Gasteiger charge is -2.20. The Balaban J connectivity index is 2.22.